The smallest absolute Gasteiger partial charge is 0.159 e. The van der Waals surface area contributed by atoms with E-state index in [1.165, 1.54) is 11.9 Å². The molecule has 0 saturated carbocycles. The van der Waals surface area contributed by atoms with Gasteiger partial charge < -0.3 is 16.0 Å². The molecule has 0 aliphatic carbocycles. The Bertz CT molecular complexity index is 1020. The second-order valence-electron chi connectivity index (χ2n) is 7.47. The van der Waals surface area contributed by atoms with Gasteiger partial charge in [-0.2, -0.15) is 0 Å². The van der Waals surface area contributed by atoms with Crippen molar-refractivity contribution in [2.24, 2.45) is 0 Å². The van der Waals surface area contributed by atoms with E-state index in [9.17, 15) is 4.79 Å². The second kappa shape index (κ2) is 8.92. The lowest BCUT2D eigenvalue weighted by atomic mass is 10.1. The van der Waals surface area contributed by atoms with E-state index in [2.05, 4.69) is 49.4 Å². The van der Waals surface area contributed by atoms with Crippen LogP contribution in [0.2, 0.25) is 0 Å². The summed E-state index contributed by atoms with van der Waals surface area (Å²) in [5.74, 6) is 1.31. The third-order valence-corrected chi connectivity index (χ3v) is 5.32. The van der Waals surface area contributed by atoms with E-state index in [-0.39, 0.29) is 5.78 Å². The number of benzene rings is 2. The number of aromatic nitrogens is 2. The van der Waals surface area contributed by atoms with Crippen LogP contribution in [0.5, 0.6) is 0 Å². The first-order valence-electron chi connectivity index (χ1n) is 10.1. The Labute approximate surface area is 176 Å². The zero-order chi connectivity index (χ0) is 20.9. The van der Waals surface area contributed by atoms with Gasteiger partial charge in [0.1, 0.15) is 12.0 Å². The van der Waals surface area contributed by atoms with Crippen LogP contribution in [-0.2, 0) is 6.54 Å². The molecule has 1 aliphatic heterocycles. The van der Waals surface area contributed by atoms with Crippen LogP contribution < -0.4 is 16.0 Å². The molecule has 0 bridgehead atoms. The molecule has 1 saturated heterocycles. The van der Waals surface area contributed by atoms with Gasteiger partial charge in [-0.1, -0.05) is 42.5 Å². The van der Waals surface area contributed by atoms with Gasteiger partial charge in [0, 0.05) is 44.0 Å². The predicted molar refractivity (Wildman–Crippen MR) is 120 cm³/mol. The Hall–Kier alpha value is -3.45. The molecule has 4 rings (SSSR count). The van der Waals surface area contributed by atoms with Gasteiger partial charge in [0.2, 0.25) is 0 Å². The number of nitrogens with one attached hydrogen (secondary N) is 1. The van der Waals surface area contributed by atoms with Crippen LogP contribution in [0.4, 0.5) is 23.0 Å². The summed E-state index contributed by atoms with van der Waals surface area (Å²) in [7, 11) is 0. The fourth-order valence-electron chi connectivity index (χ4n) is 3.65. The summed E-state index contributed by atoms with van der Waals surface area (Å²) < 4.78 is 0. The molecule has 0 spiro atoms. The molecule has 0 unspecified atom stereocenters. The number of Topliss-reactive ketones (excluding diaryl/α,β-unsaturated/α-hetero) is 1. The number of nitrogen functional groups attached to an aromatic ring is 1. The van der Waals surface area contributed by atoms with Gasteiger partial charge >= 0.3 is 0 Å². The molecule has 0 amide bonds. The molecule has 0 radical (unpaired) electrons. The molecule has 3 N–H and O–H groups in total. The van der Waals surface area contributed by atoms with Gasteiger partial charge in [0.05, 0.1) is 0 Å². The van der Waals surface area contributed by atoms with Crippen molar-refractivity contribution in [1.29, 1.82) is 0 Å². The topological polar surface area (TPSA) is 87.4 Å². The van der Waals surface area contributed by atoms with Crippen molar-refractivity contribution in [3.05, 3.63) is 72.1 Å². The average Bonchev–Trinajstić information content (AvgIpc) is 2.77. The Kier molecular flexibility index (Phi) is 5.90. The lowest BCUT2D eigenvalue weighted by molar-refractivity contribution is 0.101. The summed E-state index contributed by atoms with van der Waals surface area (Å²) >= 11 is 0. The number of hydrogen-bond donors (Lipinski definition) is 2. The number of ketones is 1. The van der Waals surface area contributed by atoms with Crippen LogP contribution in [0.15, 0.2) is 60.9 Å². The van der Waals surface area contributed by atoms with Crippen molar-refractivity contribution < 1.29 is 4.79 Å². The maximum Gasteiger partial charge on any atom is 0.159 e. The maximum atomic E-state index is 11.6. The van der Waals surface area contributed by atoms with Crippen LogP contribution in [0, 0.1) is 0 Å². The van der Waals surface area contributed by atoms with Crippen LogP contribution >= 0.6 is 0 Å². The minimum atomic E-state index is 0.0170. The van der Waals surface area contributed by atoms with Gasteiger partial charge in [-0.15, -0.1) is 0 Å². The fraction of sp³-hybridized carbons (Fsp3) is 0.261. The average molecular weight is 403 g/mol. The van der Waals surface area contributed by atoms with E-state index >= 15 is 0 Å². The predicted octanol–water partition coefficient (Wildman–Crippen LogP) is 3.33. The van der Waals surface area contributed by atoms with Crippen molar-refractivity contribution in [2.45, 2.75) is 13.5 Å². The summed E-state index contributed by atoms with van der Waals surface area (Å²) in [4.78, 5) is 25.0. The first kappa shape index (κ1) is 19.8. The van der Waals surface area contributed by atoms with E-state index in [4.69, 9.17) is 5.73 Å². The van der Waals surface area contributed by atoms with E-state index in [1.807, 2.05) is 18.2 Å². The van der Waals surface area contributed by atoms with Gasteiger partial charge in [-0.05, 0) is 24.6 Å². The molecule has 7 nitrogen and oxygen atoms in total. The Morgan fingerprint density at radius 2 is 1.80 bits per heavy atom. The summed E-state index contributed by atoms with van der Waals surface area (Å²) in [6.45, 7) is 6.10. The highest BCUT2D eigenvalue weighted by atomic mass is 16.1. The number of hydrogen-bond acceptors (Lipinski definition) is 7. The van der Waals surface area contributed by atoms with Crippen molar-refractivity contribution in [3.8, 4) is 0 Å². The Balaban J connectivity index is 1.43. The standard InChI is InChI=1S/C23H26N6O/c1-17(30)19-8-5-9-20(14-19)27-22-21(24)23(26-16-25-22)29-12-10-28(11-13-29)15-18-6-3-2-4-7-18/h2-9,14,16H,10-13,15,24H2,1H3,(H,25,26,27). The van der Waals surface area contributed by atoms with Gasteiger partial charge in [-0.3, -0.25) is 9.69 Å². The highest BCUT2D eigenvalue weighted by molar-refractivity contribution is 5.95. The summed E-state index contributed by atoms with van der Waals surface area (Å²) in [5, 5.41) is 3.22. The molecular weight excluding hydrogens is 376 g/mol. The van der Waals surface area contributed by atoms with Gasteiger partial charge in [-0.25, -0.2) is 9.97 Å². The van der Waals surface area contributed by atoms with Crippen LogP contribution in [0.3, 0.4) is 0 Å². The van der Waals surface area contributed by atoms with Crippen molar-refractivity contribution in [2.75, 3.05) is 42.1 Å². The number of carbonyl (C=O) groups excluding carboxylic acids is 1. The number of rotatable bonds is 6. The maximum absolute atomic E-state index is 11.6. The number of nitrogens with two attached hydrogens (primary N) is 1. The molecule has 1 aliphatic rings. The van der Waals surface area contributed by atoms with E-state index < -0.39 is 0 Å². The summed E-state index contributed by atoms with van der Waals surface area (Å²) in [5.41, 5.74) is 9.66. The van der Waals surface area contributed by atoms with Gasteiger partial charge in [0.15, 0.2) is 17.4 Å². The van der Waals surface area contributed by atoms with E-state index in [1.54, 1.807) is 19.1 Å². The minimum absolute atomic E-state index is 0.0170. The molecule has 2 heterocycles. The Morgan fingerprint density at radius 1 is 1.03 bits per heavy atom. The molecule has 30 heavy (non-hydrogen) atoms. The lowest BCUT2D eigenvalue weighted by Crippen LogP contribution is -2.46. The first-order chi connectivity index (χ1) is 14.6. The lowest BCUT2D eigenvalue weighted by Gasteiger charge is -2.36. The largest absolute Gasteiger partial charge is 0.393 e. The molecular formula is C23H26N6O. The zero-order valence-corrected chi connectivity index (χ0v) is 17.1. The SMILES string of the molecule is CC(=O)c1cccc(Nc2ncnc(N3CCN(Cc4ccccc4)CC3)c2N)c1. The van der Waals surface area contributed by atoms with Crippen LogP contribution in [0.1, 0.15) is 22.8 Å². The highest BCUT2D eigenvalue weighted by Gasteiger charge is 2.21. The number of piperazine rings is 1. The zero-order valence-electron chi connectivity index (χ0n) is 17.1. The van der Waals surface area contributed by atoms with Crippen LogP contribution in [-0.4, -0.2) is 46.8 Å². The molecule has 1 fully saturated rings. The molecule has 154 valence electrons. The van der Waals surface area contributed by atoms with E-state index in [0.717, 1.165) is 44.2 Å². The fourth-order valence-corrected chi connectivity index (χ4v) is 3.65. The Morgan fingerprint density at radius 3 is 2.53 bits per heavy atom. The normalized spacial score (nSPS) is 14.5. The minimum Gasteiger partial charge on any atom is -0.393 e. The first-order valence-corrected chi connectivity index (χ1v) is 10.1. The second-order valence-corrected chi connectivity index (χ2v) is 7.47. The third-order valence-electron chi connectivity index (χ3n) is 5.32. The number of carbonyl (C=O) groups is 1. The monoisotopic (exact) mass is 402 g/mol. The number of anilines is 4. The molecule has 3 aromatic rings. The van der Waals surface area contributed by atoms with Crippen molar-refractivity contribution in [1.82, 2.24) is 14.9 Å². The summed E-state index contributed by atoms with van der Waals surface area (Å²) in [6.07, 6.45) is 1.53. The highest BCUT2D eigenvalue weighted by Crippen LogP contribution is 2.29. The van der Waals surface area contributed by atoms with Gasteiger partial charge in [0.25, 0.3) is 0 Å². The van der Waals surface area contributed by atoms with E-state index in [0.29, 0.717) is 17.1 Å². The van der Waals surface area contributed by atoms with Crippen molar-refractivity contribution >= 4 is 28.8 Å². The summed E-state index contributed by atoms with van der Waals surface area (Å²) in [6, 6.07) is 17.8. The third kappa shape index (κ3) is 4.58. The van der Waals surface area contributed by atoms with Crippen molar-refractivity contribution in [3.63, 3.8) is 0 Å². The van der Waals surface area contributed by atoms with Crippen LogP contribution in [0.25, 0.3) is 0 Å². The quantitative estimate of drug-likeness (QED) is 0.612. The molecule has 1 aromatic heterocycles. The molecule has 2 aromatic carbocycles. The number of nitrogens with zero attached hydrogens (tertiary/aromatic N) is 4. The molecule has 0 atom stereocenters. The molecule has 7 heteroatoms.